The summed E-state index contributed by atoms with van der Waals surface area (Å²) in [5.41, 5.74) is 0. The van der Waals surface area contributed by atoms with Gasteiger partial charge in [-0.25, -0.2) is 0 Å². The first kappa shape index (κ1) is 9.35. The SMILES string of the molecule is CCCC(C[S])CCC. The van der Waals surface area contributed by atoms with Gasteiger partial charge in [0.2, 0.25) is 0 Å². The Balaban J connectivity index is 3.18. The van der Waals surface area contributed by atoms with Crippen LogP contribution in [0.25, 0.3) is 0 Å². The maximum atomic E-state index is 5.00. The maximum absolute atomic E-state index is 5.00. The molecule has 0 aliphatic heterocycles. The lowest BCUT2D eigenvalue weighted by Crippen LogP contribution is -2.00. The van der Waals surface area contributed by atoms with Crippen LogP contribution in [-0.2, 0) is 0 Å². The zero-order valence-corrected chi connectivity index (χ0v) is 7.34. The van der Waals surface area contributed by atoms with Gasteiger partial charge in [-0.05, 0) is 18.8 Å². The third-order valence-electron chi connectivity index (χ3n) is 1.63. The van der Waals surface area contributed by atoms with Crippen LogP contribution >= 0.6 is 12.6 Å². The molecule has 0 saturated heterocycles. The van der Waals surface area contributed by atoms with Crippen LogP contribution in [0.4, 0.5) is 0 Å². The van der Waals surface area contributed by atoms with Crippen molar-refractivity contribution >= 4 is 12.6 Å². The van der Waals surface area contributed by atoms with Crippen molar-refractivity contribution in [3.05, 3.63) is 0 Å². The largest absolute Gasteiger partial charge is 0.0939 e. The van der Waals surface area contributed by atoms with Gasteiger partial charge in [0.05, 0.1) is 0 Å². The van der Waals surface area contributed by atoms with Gasteiger partial charge in [0.1, 0.15) is 0 Å². The van der Waals surface area contributed by atoms with E-state index in [0.717, 1.165) is 11.7 Å². The molecule has 0 aliphatic carbocycles. The highest BCUT2D eigenvalue weighted by atomic mass is 32.1. The molecule has 0 fully saturated rings. The summed E-state index contributed by atoms with van der Waals surface area (Å²) < 4.78 is 0. The van der Waals surface area contributed by atoms with Crippen molar-refractivity contribution in [2.24, 2.45) is 5.92 Å². The summed E-state index contributed by atoms with van der Waals surface area (Å²) in [5, 5.41) is 0. The van der Waals surface area contributed by atoms with Gasteiger partial charge < -0.3 is 0 Å². The molecule has 1 heteroatoms. The average Bonchev–Trinajstić information content (AvgIpc) is 1.88. The highest BCUT2D eigenvalue weighted by molar-refractivity contribution is 7.80. The van der Waals surface area contributed by atoms with E-state index in [-0.39, 0.29) is 0 Å². The zero-order valence-electron chi connectivity index (χ0n) is 6.52. The number of rotatable bonds is 5. The van der Waals surface area contributed by atoms with E-state index in [4.69, 9.17) is 12.6 Å². The summed E-state index contributed by atoms with van der Waals surface area (Å²) in [6, 6.07) is 0. The molecule has 9 heavy (non-hydrogen) atoms. The molecule has 0 nitrogen and oxygen atoms in total. The normalized spacial score (nSPS) is 10.7. The maximum Gasteiger partial charge on any atom is 0.00653 e. The van der Waals surface area contributed by atoms with E-state index >= 15 is 0 Å². The van der Waals surface area contributed by atoms with Gasteiger partial charge in [-0.15, -0.1) is 0 Å². The zero-order chi connectivity index (χ0) is 7.11. The van der Waals surface area contributed by atoms with Crippen molar-refractivity contribution in [3.8, 4) is 0 Å². The molecule has 0 aromatic rings. The van der Waals surface area contributed by atoms with Crippen LogP contribution in [0.2, 0.25) is 0 Å². The molecule has 0 saturated carbocycles. The number of hydrogen-bond donors (Lipinski definition) is 0. The van der Waals surface area contributed by atoms with Crippen molar-refractivity contribution in [1.82, 2.24) is 0 Å². The number of hydrogen-bond acceptors (Lipinski definition) is 0. The Morgan fingerprint density at radius 3 is 1.78 bits per heavy atom. The van der Waals surface area contributed by atoms with E-state index in [0.29, 0.717) is 0 Å². The summed E-state index contributed by atoms with van der Waals surface area (Å²) in [4.78, 5) is 0. The minimum absolute atomic E-state index is 0.829. The van der Waals surface area contributed by atoms with E-state index in [2.05, 4.69) is 13.8 Å². The minimum Gasteiger partial charge on any atom is -0.0939 e. The van der Waals surface area contributed by atoms with Crippen LogP contribution in [0, 0.1) is 5.92 Å². The van der Waals surface area contributed by atoms with Crippen molar-refractivity contribution in [2.75, 3.05) is 5.75 Å². The van der Waals surface area contributed by atoms with Crippen molar-refractivity contribution in [1.29, 1.82) is 0 Å². The molecule has 0 aromatic heterocycles. The van der Waals surface area contributed by atoms with Crippen LogP contribution in [0.15, 0.2) is 0 Å². The van der Waals surface area contributed by atoms with Crippen LogP contribution in [0.1, 0.15) is 39.5 Å². The van der Waals surface area contributed by atoms with Gasteiger partial charge in [0, 0.05) is 5.75 Å². The molecule has 0 amide bonds. The molecule has 0 rings (SSSR count). The van der Waals surface area contributed by atoms with E-state index < -0.39 is 0 Å². The summed E-state index contributed by atoms with van der Waals surface area (Å²) in [6.45, 7) is 4.46. The van der Waals surface area contributed by atoms with E-state index in [9.17, 15) is 0 Å². The third kappa shape index (κ3) is 4.83. The fourth-order valence-electron chi connectivity index (χ4n) is 1.13. The summed E-state index contributed by atoms with van der Waals surface area (Å²) in [5.74, 6) is 1.79. The molecule has 0 unspecified atom stereocenters. The lowest BCUT2D eigenvalue weighted by atomic mass is 10.0. The third-order valence-corrected chi connectivity index (χ3v) is 2.10. The summed E-state index contributed by atoms with van der Waals surface area (Å²) >= 11 is 5.00. The minimum atomic E-state index is 0.829. The molecule has 0 aliphatic rings. The average molecular weight is 145 g/mol. The lowest BCUT2D eigenvalue weighted by Gasteiger charge is -2.09. The lowest BCUT2D eigenvalue weighted by molar-refractivity contribution is 0.489. The van der Waals surface area contributed by atoms with Crippen LogP contribution in [0.3, 0.4) is 0 Å². The Morgan fingerprint density at radius 2 is 1.56 bits per heavy atom. The first-order chi connectivity index (χ1) is 4.35. The first-order valence-corrected chi connectivity index (χ1v) is 4.50. The van der Waals surface area contributed by atoms with Gasteiger partial charge in [0.15, 0.2) is 0 Å². The second-order valence-corrected chi connectivity index (χ2v) is 2.94. The summed E-state index contributed by atoms with van der Waals surface area (Å²) in [6.07, 6.45) is 5.25. The molecular formula is C8H17S. The quantitative estimate of drug-likeness (QED) is 0.556. The van der Waals surface area contributed by atoms with E-state index in [1.165, 1.54) is 25.7 Å². The Morgan fingerprint density at radius 1 is 1.11 bits per heavy atom. The van der Waals surface area contributed by atoms with Crippen molar-refractivity contribution in [3.63, 3.8) is 0 Å². The summed E-state index contributed by atoms with van der Waals surface area (Å²) in [7, 11) is 0. The molecule has 0 spiro atoms. The van der Waals surface area contributed by atoms with Crippen LogP contribution < -0.4 is 0 Å². The molecule has 55 valence electrons. The highest BCUT2D eigenvalue weighted by Crippen LogP contribution is 2.13. The second-order valence-electron chi connectivity index (χ2n) is 2.61. The molecule has 0 bridgehead atoms. The molecule has 0 aromatic carbocycles. The van der Waals surface area contributed by atoms with Gasteiger partial charge in [0.25, 0.3) is 0 Å². The van der Waals surface area contributed by atoms with Crippen LogP contribution in [-0.4, -0.2) is 5.75 Å². The van der Waals surface area contributed by atoms with Crippen molar-refractivity contribution < 1.29 is 0 Å². The van der Waals surface area contributed by atoms with Gasteiger partial charge >= 0.3 is 0 Å². The van der Waals surface area contributed by atoms with Crippen LogP contribution in [0.5, 0.6) is 0 Å². The van der Waals surface area contributed by atoms with Gasteiger partial charge in [-0.1, -0.05) is 39.3 Å². The van der Waals surface area contributed by atoms with Crippen molar-refractivity contribution in [2.45, 2.75) is 39.5 Å². The first-order valence-electron chi connectivity index (χ1n) is 3.93. The second kappa shape index (κ2) is 6.47. The molecule has 1 radical (unpaired) electrons. The Bertz CT molecular complexity index is 46.5. The fourth-order valence-corrected chi connectivity index (χ4v) is 1.46. The Kier molecular flexibility index (Phi) is 6.72. The smallest absolute Gasteiger partial charge is 0.00653 e. The molecule has 0 atom stereocenters. The standard InChI is InChI=1S/C8H17S/c1-3-5-8(7-9)6-4-2/h8H,3-7H2,1-2H3. The molecular weight excluding hydrogens is 128 g/mol. The van der Waals surface area contributed by atoms with Gasteiger partial charge in [-0.2, -0.15) is 0 Å². The Hall–Kier alpha value is 0.350. The molecule has 0 N–H and O–H groups in total. The predicted molar refractivity (Wildman–Crippen MR) is 45.8 cm³/mol. The van der Waals surface area contributed by atoms with Gasteiger partial charge in [-0.3, -0.25) is 0 Å². The van der Waals surface area contributed by atoms with E-state index in [1.807, 2.05) is 0 Å². The highest BCUT2D eigenvalue weighted by Gasteiger charge is 2.02. The predicted octanol–water partition coefficient (Wildman–Crippen LogP) is 3.40. The molecule has 0 heterocycles. The topological polar surface area (TPSA) is 0 Å². The fraction of sp³-hybridized carbons (Fsp3) is 1.00. The Labute approximate surface area is 64.4 Å². The monoisotopic (exact) mass is 145 g/mol. The van der Waals surface area contributed by atoms with E-state index in [1.54, 1.807) is 0 Å².